The Balaban J connectivity index is 1.49. The maximum atomic E-state index is 6.02. The van der Waals surface area contributed by atoms with E-state index in [-0.39, 0.29) is 0 Å². The van der Waals surface area contributed by atoms with Crippen molar-refractivity contribution in [1.82, 2.24) is 10.2 Å². The molecule has 3 nitrogen and oxygen atoms in total. The van der Waals surface area contributed by atoms with Crippen molar-refractivity contribution < 1.29 is 4.74 Å². The van der Waals surface area contributed by atoms with Gasteiger partial charge < -0.3 is 10.1 Å². The van der Waals surface area contributed by atoms with Crippen LogP contribution in [0, 0.1) is 19.3 Å². The summed E-state index contributed by atoms with van der Waals surface area (Å²) in [5.74, 6) is 1.07. The molecule has 0 saturated carbocycles. The molecule has 1 aromatic rings. The molecule has 110 valence electrons. The second kappa shape index (κ2) is 5.74. The van der Waals surface area contributed by atoms with Crippen LogP contribution < -0.4 is 10.1 Å². The van der Waals surface area contributed by atoms with Crippen molar-refractivity contribution in [2.45, 2.75) is 26.7 Å². The zero-order chi connectivity index (χ0) is 14.0. The Morgan fingerprint density at radius 2 is 2.05 bits per heavy atom. The molecule has 3 heteroatoms. The average molecular weight is 274 g/mol. The van der Waals surface area contributed by atoms with Gasteiger partial charge in [0.2, 0.25) is 0 Å². The van der Waals surface area contributed by atoms with Gasteiger partial charge in [-0.25, -0.2) is 0 Å². The van der Waals surface area contributed by atoms with Crippen LogP contribution in [-0.4, -0.2) is 44.2 Å². The smallest absolute Gasteiger partial charge is 0.125 e. The number of benzene rings is 1. The van der Waals surface area contributed by atoms with Crippen molar-refractivity contribution in [3.8, 4) is 5.75 Å². The third-order valence-electron chi connectivity index (χ3n) is 4.91. The summed E-state index contributed by atoms with van der Waals surface area (Å²) in [6.45, 7) is 11.0. The van der Waals surface area contributed by atoms with Gasteiger partial charge in [-0.3, -0.25) is 4.90 Å². The van der Waals surface area contributed by atoms with E-state index < -0.39 is 0 Å². The molecular formula is C17H26N2O. The molecular weight excluding hydrogens is 248 g/mol. The number of ether oxygens (including phenoxy) is 1. The van der Waals surface area contributed by atoms with Gasteiger partial charge in [0.05, 0.1) is 0 Å². The molecule has 2 fully saturated rings. The summed E-state index contributed by atoms with van der Waals surface area (Å²) >= 11 is 0. The lowest BCUT2D eigenvalue weighted by molar-refractivity contribution is 0.216. The Morgan fingerprint density at radius 1 is 1.25 bits per heavy atom. The molecule has 0 amide bonds. The van der Waals surface area contributed by atoms with Crippen LogP contribution in [0.15, 0.2) is 18.2 Å². The third-order valence-corrected chi connectivity index (χ3v) is 4.91. The van der Waals surface area contributed by atoms with Crippen molar-refractivity contribution in [2.75, 3.05) is 39.3 Å². The molecule has 2 aliphatic rings. The highest BCUT2D eigenvalue weighted by Crippen LogP contribution is 2.35. The van der Waals surface area contributed by atoms with E-state index in [2.05, 4.69) is 42.3 Å². The summed E-state index contributed by atoms with van der Waals surface area (Å²) < 4.78 is 6.02. The van der Waals surface area contributed by atoms with Crippen LogP contribution in [0.4, 0.5) is 0 Å². The van der Waals surface area contributed by atoms with E-state index in [0.29, 0.717) is 5.41 Å². The first-order chi connectivity index (χ1) is 9.69. The van der Waals surface area contributed by atoms with Crippen LogP contribution in [0.5, 0.6) is 5.75 Å². The quantitative estimate of drug-likeness (QED) is 0.912. The van der Waals surface area contributed by atoms with E-state index in [0.717, 1.165) is 18.9 Å². The van der Waals surface area contributed by atoms with Gasteiger partial charge in [-0.1, -0.05) is 18.2 Å². The van der Waals surface area contributed by atoms with Crippen molar-refractivity contribution in [1.29, 1.82) is 0 Å². The lowest BCUT2D eigenvalue weighted by Crippen LogP contribution is -2.31. The number of nitrogens with zero attached hydrogens (tertiary/aromatic N) is 1. The minimum Gasteiger partial charge on any atom is -0.492 e. The molecule has 1 atom stereocenters. The Morgan fingerprint density at radius 3 is 2.75 bits per heavy atom. The lowest BCUT2D eigenvalue weighted by Gasteiger charge is -2.23. The summed E-state index contributed by atoms with van der Waals surface area (Å²) in [7, 11) is 0. The molecule has 2 heterocycles. The number of nitrogens with one attached hydrogen (secondary N) is 1. The summed E-state index contributed by atoms with van der Waals surface area (Å²) in [5.41, 5.74) is 3.05. The van der Waals surface area contributed by atoms with Crippen molar-refractivity contribution in [2.24, 2.45) is 5.41 Å². The number of hydrogen-bond donors (Lipinski definition) is 1. The van der Waals surface area contributed by atoms with Crippen molar-refractivity contribution in [3.05, 3.63) is 29.3 Å². The molecule has 1 aromatic carbocycles. The highest BCUT2D eigenvalue weighted by molar-refractivity contribution is 5.39. The van der Waals surface area contributed by atoms with E-state index >= 15 is 0 Å². The molecule has 1 unspecified atom stereocenters. The fraction of sp³-hybridized carbons (Fsp3) is 0.647. The van der Waals surface area contributed by atoms with Crippen molar-refractivity contribution in [3.63, 3.8) is 0 Å². The van der Waals surface area contributed by atoms with Crippen molar-refractivity contribution >= 4 is 0 Å². The number of hydrogen-bond acceptors (Lipinski definition) is 3. The first-order valence-corrected chi connectivity index (χ1v) is 7.81. The topological polar surface area (TPSA) is 24.5 Å². The van der Waals surface area contributed by atoms with Crippen LogP contribution in [0.25, 0.3) is 0 Å². The maximum Gasteiger partial charge on any atom is 0.125 e. The lowest BCUT2D eigenvalue weighted by atomic mass is 9.87. The van der Waals surface area contributed by atoms with Crippen LogP contribution in [0.3, 0.4) is 0 Å². The number of para-hydroxylation sites is 1. The molecule has 20 heavy (non-hydrogen) atoms. The predicted molar refractivity (Wildman–Crippen MR) is 82.4 cm³/mol. The van der Waals surface area contributed by atoms with Gasteiger partial charge in [0.25, 0.3) is 0 Å². The van der Waals surface area contributed by atoms with Gasteiger partial charge in [-0.15, -0.1) is 0 Å². The Labute approximate surface area is 122 Å². The van der Waals surface area contributed by atoms with Gasteiger partial charge in [0, 0.05) is 19.6 Å². The number of aryl methyl sites for hydroxylation is 2. The molecule has 1 N–H and O–H groups in total. The first kappa shape index (κ1) is 13.9. The Hall–Kier alpha value is -1.06. The fourth-order valence-corrected chi connectivity index (χ4v) is 3.67. The normalized spacial score (nSPS) is 26.5. The second-order valence-electron chi connectivity index (χ2n) is 6.52. The highest BCUT2D eigenvalue weighted by Gasteiger charge is 2.39. The minimum atomic E-state index is 0.568. The van der Waals surface area contributed by atoms with E-state index in [1.54, 1.807) is 0 Å². The van der Waals surface area contributed by atoms with E-state index in [9.17, 15) is 0 Å². The van der Waals surface area contributed by atoms with Gasteiger partial charge in [-0.05, 0) is 56.3 Å². The summed E-state index contributed by atoms with van der Waals surface area (Å²) in [6, 6.07) is 6.34. The highest BCUT2D eigenvalue weighted by atomic mass is 16.5. The minimum absolute atomic E-state index is 0.568. The molecule has 3 rings (SSSR count). The van der Waals surface area contributed by atoms with E-state index in [1.807, 2.05) is 0 Å². The van der Waals surface area contributed by atoms with Gasteiger partial charge in [0.1, 0.15) is 12.4 Å². The SMILES string of the molecule is Cc1cccc(C)c1OCCN1CCC2(CCNC2)C1. The van der Waals surface area contributed by atoms with Gasteiger partial charge in [-0.2, -0.15) is 0 Å². The third kappa shape index (κ3) is 2.84. The van der Waals surface area contributed by atoms with Crippen LogP contribution in [0.1, 0.15) is 24.0 Å². The monoisotopic (exact) mass is 274 g/mol. The molecule has 0 aliphatic carbocycles. The fourth-order valence-electron chi connectivity index (χ4n) is 3.67. The molecule has 0 bridgehead atoms. The molecule has 1 spiro atoms. The maximum absolute atomic E-state index is 6.02. The standard InChI is InChI=1S/C17H26N2O/c1-14-4-3-5-15(2)16(14)20-11-10-19-9-7-17(13-19)6-8-18-12-17/h3-5,18H,6-13H2,1-2H3. The Kier molecular flexibility index (Phi) is 3.99. The molecule has 2 saturated heterocycles. The second-order valence-corrected chi connectivity index (χ2v) is 6.52. The van der Waals surface area contributed by atoms with Gasteiger partial charge >= 0.3 is 0 Å². The van der Waals surface area contributed by atoms with Gasteiger partial charge in [0.15, 0.2) is 0 Å². The largest absolute Gasteiger partial charge is 0.492 e. The molecule has 2 aliphatic heterocycles. The molecule has 0 aromatic heterocycles. The number of rotatable bonds is 4. The Bertz CT molecular complexity index is 446. The molecule has 0 radical (unpaired) electrons. The number of likely N-dealkylation sites (tertiary alicyclic amines) is 1. The average Bonchev–Trinajstić information content (AvgIpc) is 3.04. The summed E-state index contributed by atoms with van der Waals surface area (Å²) in [5, 5.41) is 3.51. The predicted octanol–water partition coefficient (Wildman–Crippen LogP) is 2.37. The van der Waals surface area contributed by atoms with Crippen LogP contribution in [0.2, 0.25) is 0 Å². The first-order valence-electron chi connectivity index (χ1n) is 7.81. The van der Waals surface area contributed by atoms with E-state index in [4.69, 9.17) is 4.74 Å². The van der Waals surface area contributed by atoms with Crippen LogP contribution in [-0.2, 0) is 0 Å². The summed E-state index contributed by atoms with van der Waals surface area (Å²) in [6.07, 6.45) is 2.70. The van der Waals surface area contributed by atoms with E-state index in [1.165, 1.54) is 50.1 Å². The zero-order valence-corrected chi connectivity index (χ0v) is 12.7. The van der Waals surface area contributed by atoms with Crippen LogP contribution >= 0.6 is 0 Å². The zero-order valence-electron chi connectivity index (χ0n) is 12.7. The summed E-state index contributed by atoms with van der Waals surface area (Å²) in [4.78, 5) is 2.57.